The van der Waals surface area contributed by atoms with Gasteiger partial charge in [-0.1, -0.05) is 6.42 Å². The summed E-state index contributed by atoms with van der Waals surface area (Å²) in [6.07, 6.45) is 9.28. The Morgan fingerprint density at radius 1 is 1.08 bits per heavy atom. The minimum atomic E-state index is 0.578. The van der Waals surface area contributed by atoms with Crippen molar-refractivity contribution in [1.82, 2.24) is 14.8 Å². The third kappa shape index (κ3) is 3.31. The van der Waals surface area contributed by atoms with Gasteiger partial charge in [0.1, 0.15) is 0 Å². The summed E-state index contributed by atoms with van der Waals surface area (Å²) in [6, 6.07) is 8.24. The van der Waals surface area contributed by atoms with E-state index in [1.807, 2.05) is 18.2 Å². The molecule has 0 amide bonds. The van der Waals surface area contributed by atoms with Gasteiger partial charge in [0.15, 0.2) is 0 Å². The highest BCUT2D eigenvalue weighted by atomic mass is 15.3. The van der Waals surface area contributed by atoms with Gasteiger partial charge >= 0.3 is 0 Å². The molecule has 1 atom stereocenters. The monoisotopic (exact) mass is 336 g/mol. The smallest absolute Gasteiger partial charge is 0.0991 e. The quantitative estimate of drug-likeness (QED) is 0.920. The highest BCUT2D eigenvalue weighted by Gasteiger charge is 2.28. The minimum Gasteiger partial charge on any atom is -0.361 e. The van der Waals surface area contributed by atoms with Crippen LogP contribution in [0.1, 0.15) is 56.1 Å². The van der Waals surface area contributed by atoms with Crippen LogP contribution >= 0.6 is 0 Å². The molecular formula is C21H28N4. The fourth-order valence-corrected chi connectivity index (χ4v) is 4.66. The van der Waals surface area contributed by atoms with Crippen LogP contribution in [0.2, 0.25) is 0 Å². The van der Waals surface area contributed by atoms with E-state index in [9.17, 15) is 5.26 Å². The molecule has 2 saturated heterocycles. The highest BCUT2D eigenvalue weighted by Crippen LogP contribution is 2.34. The Hall–Kier alpha value is -1.83. The Morgan fingerprint density at radius 2 is 1.80 bits per heavy atom. The summed E-state index contributed by atoms with van der Waals surface area (Å²) >= 11 is 0. The number of hydrogen-bond acceptors (Lipinski definition) is 3. The van der Waals surface area contributed by atoms with Crippen LogP contribution in [-0.2, 0) is 0 Å². The molecule has 0 radical (unpaired) electrons. The van der Waals surface area contributed by atoms with E-state index < -0.39 is 0 Å². The molecule has 2 aromatic rings. The fourth-order valence-electron chi connectivity index (χ4n) is 4.66. The third-order valence-corrected chi connectivity index (χ3v) is 6.26. The summed E-state index contributed by atoms with van der Waals surface area (Å²) in [5.41, 5.74) is 3.31. The van der Waals surface area contributed by atoms with Crippen LogP contribution in [0.4, 0.5) is 0 Å². The second kappa shape index (κ2) is 7.19. The molecule has 0 spiro atoms. The molecule has 3 heterocycles. The molecule has 2 fully saturated rings. The zero-order valence-corrected chi connectivity index (χ0v) is 15.2. The lowest BCUT2D eigenvalue weighted by Crippen LogP contribution is -2.50. The van der Waals surface area contributed by atoms with Crippen molar-refractivity contribution in [1.29, 1.82) is 5.26 Å². The molecule has 4 nitrogen and oxygen atoms in total. The SMILES string of the molecule is CC(N1CCCCC1)N1CCC(c2c[nH]c3ccc(C#N)cc23)CC1. The lowest BCUT2D eigenvalue weighted by atomic mass is 9.88. The Kier molecular flexibility index (Phi) is 4.78. The van der Waals surface area contributed by atoms with E-state index in [1.54, 1.807) is 0 Å². The second-order valence-electron chi connectivity index (χ2n) is 7.65. The number of fused-ring (bicyclic) bond motifs is 1. The largest absolute Gasteiger partial charge is 0.361 e. The molecule has 1 N–H and O–H groups in total. The number of hydrogen-bond donors (Lipinski definition) is 1. The zero-order valence-electron chi connectivity index (χ0n) is 15.2. The summed E-state index contributed by atoms with van der Waals surface area (Å²) in [4.78, 5) is 8.72. The van der Waals surface area contributed by atoms with Gasteiger partial charge in [-0.15, -0.1) is 0 Å². The second-order valence-corrected chi connectivity index (χ2v) is 7.65. The first-order valence-electron chi connectivity index (χ1n) is 9.75. The van der Waals surface area contributed by atoms with E-state index in [0.717, 1.165) is 11.1 Å². The number of nitrogens with zero attached hydrogens (tertiary/aromatic N) is 3. The number of nitriles is 1. The van der Waals surface area contributed by atoms with Crippen molar-refractivity contribution in [3.8, 4) is 6.07 Å². The Bertz CT molecular complexity index is 758. The number of aromatic amines is 1. The van der Waals surface area contributed by atoms with Crippen molar-refractivity contribution in [2.24, 2.45) is 0 Å². The van der Waals surface area contributed by atoms with Gasteiger partial charge in [0.2, 0.25) is 0 Å². The molecule has 25 heavy (non-hydrogen) atoms. The van der Waals surface area contributed by atoms with Gasteiger partial charge < -0.3 is 4.98 Å². The van der Waals surface area contributed by atoms with E-state index in [2.05, 4.69) is 34.0 Å². The summed E-state index contributed by atoms with van der Waals surface area (Å²) < 4.78 is 0. The molecular weight excluding hydrogens is 308 g/mol. The lowest BCUT2D eigenvalue weighted by Gasteiger charge is -2.42. The third-order valence-electron chi connectivity index (χ3n) is 6.26. The molecule has 0 saturated carbocycles. The number of likely N-dealkylation sites (tertiary alicyclic amines) is 2. The van der Waals surface area contributed by atoms with Gasteiger partial charge in [-0.2, -0.15) is 5.26 Å². The predicted molar refractivity (Wildman–Crippen MR) is 101 cm³/mol. The van der Waals surface area contributed by atoms with Crippen LogP contribution in [0.15, 0.2) is 24.4 Å². The minimum absolute atomic E-state index is 0.578. The number of nitrogens with one attached hydrogen (secondary N) is 1. The number of aromatic nitrogens is 1. The first kappa shape index (κ1) is 16.6. The molecule has 1 unspecified atom stereocenters. The Balaban J connectivity index is 1.44. The molecule has 1 aromatic carbocycles. The molecule has 0 bridgehead atoms. The van der Waals surface area contributed by atoms with Gasteiger partial charge in [0.05, 0.1) is 17.8 Å². The predicted octanol–water partition coefficient (Wildman–Crippen LogP) is 4.05. The van der Waals surface area contributed by atoms with Gasteiger partial charge in [-0.25, -0.2) is 0 Å². The molecule has 2 aliphatic heterocycles. The Morgan fingerprint density at radius 3 is 2.52 bits per heavy atom. The average molecular weight is 336 g/mol. The molecule has 1 aromatic heterocycles. The maximum atomic E-state index is 9.18. The van der Waals surface area contributed by atoms with Crippen molar-refractivity contribution < 1.29 is 0 Å². The van der Waals surface area contributed by atoms with Crippen molar-refractivity contribution in [3.05, 3.63) is 35.5 Å². The number of piperidine rings is 2. The van der Waals surface area contributed by atoms with Crippen LogP contribution in [0.5, 0.6) is 0 Å². The van der Waals surface area contributed by atoms with Crippen LogP contribution in [0, 0.1) is 11.3 Å². The van der Waals surface area contributed by atoms with E-state index >= 15 is 0 Å². The number of benzene rings is 1. The Labute approximate surface area is 150 Å². The molecule has 2 aliphatic rings. The van der Waals surface area contributed by atoms with Gasteiger partial charge in [-0.05, 0) is 75.4 Å². The van der Waals surface area contributed by atoms with Crippen molar-refractivity contribution in [2.45, 2.75) is 51.1 Å². The first-order chi connectivity index (χ1) is 12.3. The average Bonchev–Trinajstić information content (AvgIpc) is 3.11. The normalized spacial score (nSPS) is 22.1. The van der Waals surface area contributed by atoms with Gasteiger partial charge in [-0.3, -0.25) is 9.80 Å². The summed E-state index contributed by atoms with van der Waals surface area (Å²) in [5.74, 6) is 0.604. The zero-order chi connectivity index (χ0) is 17.2. The van der Waals surface area contributed by atoms with Crippen LogP contribution in [0.25, 0.3) is 10.9 Å². The van der Waals surface area contributed by atoms with Crippen LogP contribution in [0.3, 0.4) is 0 Å². The summed E-state index contributed by atoms with van der Waals surface area (Å²) in [6.45, 7) is 7.26. The molecule has 0 aliphatic carbocycles. The molecule has 132 valence electrons. The van der Waals surface area contributed by atoms with E-state index in [-0.39, 0.29) is 0 Å². The first-order valence-corrected chi connectivity index (χ1v) is 9.75. The number of H-pyrrole nitrogens is 1. The van der Waals surface area contributed by atoms with Crippen molar-refractivity contribution in [3.63, 3.8) is 0 Å². The van der Waals surface area contributed by atoms with Crippen LogP contribution < -0.4 is 0 Å². The van der Waals surface area contributed by atoms with Crippen molar-refractivity contribution >= 4 is 10.9 Å². The summed E-state index contributed by atoms with van der Waals surface area (Å²) in [7, 11) is 0. The maximum Gasteiger partial charge on any atom is 0.0991 e. The highest BCUT2D eigenvalue weighted by molar-refractivity contribution is 5.85. The fraction of sp³-hybridized carbons (Fsp3) is 0.571. The van der Waals surface area contributed by atoms with Crippen LogP contribution in [-0.4, -0.2) is 47.1 Å². The van der Waals surface area contributed by atoms with E-state index in [0.29, 0.717) is 12.1 Å². The standard InChI is InChI=1S/C21H28N4/c1-16(24-9-3-2-4-10-24)25-11-7-18(8-12-25)20-15-23-21-6-5-17(14-22)13-19(20)21/h5-6,13,15-16,18,23H,2-4,7-12H2,1H3. The van der Waals surface area contributed by atoms with Crippen molar-refractivity contribution in [2.75, 3.05) is 26.2 Å². The molecule has 4 heteroatoms. The topological polar surface area (TPSA) is 46.1 Å². The lowest BCUT2D eigenvalue weighted by molar-refractivity contribution is 0.0257. The van der Waals surface area contributed by atoms with Gasteiger partial charge in [0, 0.05) is 30.2 Å². The number of rotatable bonds is 3. The van der Waals surface area contributed by atoms with Gasteiger partial charge in [0.25, 0.3) is 0 Å². The van der Waals surface area contributed by atoms with E-state index in [4.69, 9.17) is 0 Å². The maximum absolute atomic E-state index is 9.18. The van der Waals surface area contributed by atoms with E-state index in [1.165, 1.54) is 69.2 Å². The molecule has 4 rings (SSSR count). The summed E-state index contributed by atoms with van der Waals surface area (Å²) in [5, 5.41) is 10.4.